The van der Waals surface area contributed by atoms with E-state index in [4.69, 9.17) is 37.0 Å². The zero-order valence-electron chi connectivity index (χ0n) is 56.2. The van der Waals surface area contributed by atoms with Crippen molar-refractivity contribution in [2.24, 2.45) is 5.92 Å². The highest BCUT2D eigenvalue weighted by molar-refractivity contribution is 7.47. The van der Waals surface area contributed by atoms with E-state index in [-0.39, 0.29) is 25.7 Å². The number of esters is 4. The van der Waals surface area contributed by atoms with Crippen LogP contribution in [0.15, 0.2) is 0 Å². The molecule has 0 aliphatic carbocycles. The quantitative estimate of drug-likeness (QED) is 0.0222. The van der Waals surface area contributed by atoms with Crippen LogP contribution in [0.5, 0.6) is 0 Å². The van der Waals surface area contributed by atoms with Crippen molar-refractivity contribution < 1.29 is 80.2 Å². The number of phosphoric acid groups is 2. The fourth-order valence-electron chi connectivity index (χ4n) is 10.3. The number of ether oxygens (including phenoxy) is 4. The van der Waals surface area contributed by atoms with Crippen LogP contribution < -0.4 is 0 Å². The highest BCUT2D eigenvalue weighted by Gasteiger charge is 2.30. The number of hydrogen-bond acceptors (Lipinski definition) is 15. The third-order valence-electron chi connectivity index (χ3n) is 15.8. The molecule has 17 nitrogen and oxygen atoms in total. The van der Waals surface area contributed by atoms with Crippen LogP contribution in [0, 0.1) is 5.92 Å². The highest BCUT2D eigenvalue weighted by atomic mass is 31.2. The summed E-state index contributed by atoms with van der Waals surface area (Å²) in [5.41, 5.74) is 0. The fourth-order valence-corrected chi connectivity index (χ4v) is 11.9. The Hall–Kier alpha value is -1.94. The van der Waals surface area contributed by atoms with Gasteiger partial charge in [-0.15, -0.1) is 0 Å². The van der Waals surface area contributed by atoms with E-state index in [1.54, 1.807) is 0 Å². The summed E-state index contributed by atoms with van der Waals surface area (Å²) < 4.78 is 68.2. The molecule has 0 aromatic rings. The maximum absolute atomic E-state index is 13.0. The SMILES string of the molecule is CCCCCCCCCCCCCCCC(=O)OC[C@H](COP(=O)(O)OC[C@@H](O)COP(=O)(O)OC[C@@H](COC(=O)CCCCCCCCCC)OC(=O)CCCCCCCCCCCCCC)OC(=O)CCCCCCCCCCCCCC(C)C. The predicted octanol–water partition coefficient (Wildman–Crippen LogP) is 19.4. The summed E-state index contributed by atoms with van der Waals surface area (Å²) in [5, 5.41) is 10.6. The van der Waals surface area contributed by atoms with Gasteiger partial charge in [-0.1, -0.05) is 298 Å². The molecule has 2 unspecified atom stereocenters. The van der Waals surface area contributed by atoms with Crippen LogP contribution in [-0.2, 0) is 65.4 Å². The van der Waals surface area contributed by atoms with Gasteiger partial charge in [0.15, 0.2) is 12.2 Å². The molecule has 0 fully saturated rings. The van der Waals surface area contributed by atoms with Gasteiger partial charge in [-0.3, -0.25) is 37.3 Å². The molecule has 0 aliphatic heterocycles. The average Bonchev–Trinajstić information content (AvgIpc) is 3.51. The van der Waals surface area contributed by atoms with E-state index in [9.17, 15) is 43.2 Å². The molecule has 5 atom stereocenters. The zero-order chi connectivity index (χ0) is 64.2. The molecule has 19 heteroatoms. The minimum Gasteiger partial charge on any atom is -0.462 e. The van der Waals surface area contributed by atoms with Crippen LogP contribution in [-0.4, -0.2) is 96.7 Å². The largest absolute Gasteiger partial charge is 0.472 e. The lowest BCUT2D eigenvalue weighted by atomic mass is 10.0. The van der Waals surface area contributed by atoms with E-state index in [0.717, 1.165) is 102 Å². The Morgan fingerprint density at radius 3 is 0.782 bits per heavy atom. The normalized spacial score (nSPS) is 14.1. The molecule has 0 spiro atoms. The van der Waals surface area contributed by atoms with Gasteiger partial charge < -0.3 is 33.8 Å². The first-order chi connectivity index (χ1) is 42.0. The van der Waals surface area contributed by atoms with Crippen molar-refractivity contribution in [2.45, 2.75) is 368 Å². The van der Waals surface area contributed by atoms with Gasteiger partial charge in [0.2, 0.25) is 0 Å². The van der Waals surface area contributed by atoms with Gasteiger partial charge in [-0.25, -0.2) is 9.13 Å². The molecular formula is C68H132O17P2. The number of aliphatic hydroxyl groups excluding tert-OH is 1. The summed E-state index contributed by atoms with van der Waals surface area (Å²) in [6.45, 7) is 7.21. The molecule has 0 saturated carbocycles. The van der Waals surface area contributed by atoms with E-state index in [1.807, 2.05) is 0 Å². The number of carbonyl (C=O) groups is 4. The van der Waals surface area contributed by atoms with E-state index in [0.29, 0.717) is 25.7 Å². The predicted molar refractivity (Wildman–Crippen MR) is 349 cm³/mol. The third kappa shape index (κ3) is 62.6. The van der Waals surface area contributed by atoms with Gasteiger partial charge in [-0.05, 0) is 31.6 Å². The first kappa shape index (κ1) is 85.1. The summed E-state index contributed by atoms with van der Waals surface area (Å²) in [4.78, 5) is 72.4. The van der Waals surface area contributed by atoms with Crippen molar-refractivity contribution in [1.29, 1.82) is 0 Å². The molecule has 0 aromatic carbocycles. The molecule has 0 heterocycles. The second-order valence-corrected chi connectivity index (χ2v) is 27.9. The zero-order valence-corrected chi connectivity index (χ0v) is 57.9. The van der Waals surface area contributed by atoms with Crippen molar-refractivity contribution in [3.63, 3.8) is 0 Å². The van der Waals surface area contributed by atoms with E-state index in [1.165, 1.54) is 167 Å². The van der Waals surface area contributed by atoms with Crippen LogP contribution in [0.2, 0.25) is 0 Å². The van der Waals surface area contributed by atoms with Crippen molar-refractivity contribution in [3.8, 4) is 0 Å². The summed E-state index contributed by atoms with van der Waals surface area (Å²) in [7, 11) is -9.89. The van der Waals surface area contributed by atoms with Gasteiger partial charge >= 0.3 is 39.5 Å². The lowest BCUT2D eigenvalue weighted by Gasteiger charge is -2.21. The number of unbranched alkanes of at least 4 members (excludes halogenated alkanes) is 40. The lowest BCUT2D eigenvalue weighted by Crippen LogP contribution is -2.30. The molecule has 0 amide bonds. The van der Waals surface area contributed by atoms with Crippen LogP contribution in [0.1, 0.15) is 349 Å². The highest BCUT2D eigenvalue weighted by Crippen LogP contribution is 2.45. The average molecular weight is 1280 g/mol. The van der Waals surface area contributed by atoms with Crippen molar-refractivity contribution >= 4 is 39.5 Å². The maximum Gasteiger partial charge on any atom is 0.472 e. The summed E-state index contributed by atoms with van der Waals surface area (Å²) in [6, 6.07) is 0. The van der Waals surface area contributed by atoms with Crippen LogP contribution in [0.25, 0.3) is 0 Å². The molecule has 0 saturated heterocycles. The van der Waals surface area contributed by atoms with E-state index < -0.39 is 97.5 Å². The Labute approximate surface area is 530 Å². The van der Waals surface area contributed by atoms with E-state index in [2.05, 4.69) is 34.6 Å². The Morgan fingerprint density at radius 2 is 0.529 bits per heavy atom. The third-order valence-corrected chi connectivity index (χ3v) is 17.7. The van der Waals surface area contributed by atoms with Gasteiger partial charge in [-0.2, -0.15) is 0 Å². The number of phosphoric ester groups is 2. The molecule has 516 valence electrons. The van der Waals surface area contributed by atoms with Gasteiger partial charge in [0.25, 0.3) is 0 Å². The van der Waals surface area contributed by atoms with Crippen LogP contribution in [0.3, 0.4) is 0 Å². The number of rotatable bonds is 68. The van der Waals surface area contributed by atoms with Crippen molar-refractivity contribution in [3.05, 3.63) is 0 Å². The second kappa shape index (κ2) is 61.6. The molecule has 87 heavy (non-hydrogen) atoms. The van der Waals surface area contributed by atoms with E-state index >= 15 is 0 Å². The van der Waals surface area contributed by atoms with Gasteiger partial charge in [0.05, 0.1) is 26.4 Å². The fraction of sp³-hybridized carbons (Fsp3) is 0.941. The Morgan fingerprint density at radius 1 is 0.310 bits per heavy atom. The monoisotopic (exact) mass is 1280 g/mol. The lowest BCUT2D eigenvalue weighted by molar-refractivity contribution is -0.161. The minimum atomic E-state index is -4.95. The molecular weight excluding hydrogens is 1150 g/mol. The summed E-state index contributed by atoms with van der Waals surface area (Å²) in [5.74, 6) is -1.36. The standard InChI is InChI=1S/C68H132O17P2/c1-6-9-12-15-18-21-23-25-29-32-37-42-47-52-66(71)79-58-64(85-68(73)54-49-44-39-34-30-26-27-31-35-40-45-50-61(4)5)60-83-87(76,77)81-56-62(69)55-80-86(74,75)82-59-63(57-78-65(70)51-46-41-36-20-17-14-11-8-3)84-67(72)53-48-43-38-33-28-24-22-19-16-13-10-7-2/h61-64,69H,6-60H2,1-5H3,(H,74,75)(H,76,77)/t62-,63+,64+/m0/s1. The maximum atomic E-state index is 13.0. The molecule has 0 aromatic heterocycles. The topological polar surface area (TPSA) is 237 Å². The van der Waals surface area contributed by atoms with Crippen molar-refractivity contribution in [1.82, 2.24) is 0 Å². The summed E-state index contributed by atoms with van der Waals surface area (Å²) >= 11 is 0. The van der Waals surface area contributed by atoms with Crippen LogP contribution >= 0.6 is 15.6 Å². The minimum absolute atomic E-state index is 0.107. The Bertz CT molecular complexity index is 1690. The smallest absolute Gasteiger partial charge is 0.462 e. The number of hydrogen-bond donors (Lipinski definition) is 3. The first-order valence-electron chi connectivity index (χ1n) is 35.6. The molecule has 3 N–H and O–H groups in total. The molecule has 0 rings (SSSR count). The first-order valence-corrected chi connectivity index (χ1v) is 38.6. The van der Waals surface area contributed by atoms with Crippen molar-refractivity contribution in [2.75, 3.05) is 39.6 Å². The number of carbonyl (C=O) groups excluding carboxylic acids is 4. The molecule has 0 aliphatic rings. The number of aliphatic hydroxyl groups is 1. The Balaban J connectivity index is 5.23. The Kier molecular flexibility index (Phi) is 60.2. The molecule has 0 bridgehead atoms. The second-order valence-electron chi connectivity index (χ2n) is 25.0. The summed E-state index contributed by atoms with van der Waals surface area (Å²) in [6.07, 6.45) is 47.1. The van der Waals surface area contributed by atoms with Crippen LogP contribution in [0.4, 0.5) is 0 Å². The molecule has 0 radical (unpaired) electrons. The van der Waals surface area contributed by atoms with Gasteiger partial charge in [0.1, 0.15) is 19.3 Å². The van der Waals surface area contributed by atoms with Gasteiger partial charge in [0, 0.05) is 25.7 Å².